The van der Waals surface area contributed by atoms with E-state index < -0.39 is 11.2 Å². The Hall–Kier alpha value is -3.88. The van der Waals surface area contributed by atoms with Gasteiger partial charge in [-0.05, 0) is 41.2 Å². The average Bonchev–Trinajstić information content (AvgIpc) is 2.86. The van der Waals surface area contributed by atoms with Gasteiger partial charge in [0, 0.05) is 25.5 Å². The third-order valence-corrected chi connectivity index (χ3v) is 6.96. The Morgan fingerprint density at radius 1 is 1.33 bits per heavy atom. The molecule has 1 aliphatic heterocycles. The first-order valence-electron chi connectivity index (χ1n) is 10.6. The van der Waals surface area contributed by atoms with Gasteiger partial charge >= 0.3 is 0 Å². The maximum absolute atomic E-state index is 12.3. The van der Waals surface area contributed by atoms with E-state index in [1.165, 1.54) is 5.56 Å². The molecule has 7 nitrogen and oxygen atoms in total. The fourth-order valence-electron chi connectivity index (χ4n) is 4.06. The topological polar surface area (TPSA) is 100 Å². The van der Waals surface area contributed by atoms with E-state index in [0.717, 1.165) is 29.3 Å². The van der Waals surface area contributed by atoms with Gasteiger partial charge in [-0.3, -0.25) is 9.78 Å². The number of carbonyl (C=O) groups is 1. The molecule has 1 unspecified atom stereocenters. The Morgan fingerprint density at radius 2 is 2.12 bits per heavy atom. The van der Waals surface area contributed by atoms with Crippen LogP contribution >= 0.6 is 11.8 Å². The lowest BCUT2D eigenvalue weighted by atomic mass is 10.0. The summed E-state index contributed by atoms with van der Waals surface area (Å²) in [6.07, 6.45) is 4.95. The maximum atomic E-state index is 12.3. The van der Waals surface area contributed by atoms with Gasteiger partial charge in [-0.15, -0.1) is 0 Å². The molecule has 3 aromatic rings. The number of hydrogen-bond acceptors (Lipinski definition) is 6. The van der Waals surface area contributed by atoms with Crippen molar-refractivity contribution in [3.63, 3.8) is 0 Å². The van der Waals surface area contributed by atoms with Crippen LogP contribution in [0.4, 0.5) is 11.5 Å². The van der Waals surface area contributed by atoms with Gasteiger partial charge in [0.1, 0.15) is 22.2 Å². The zero-order valence-corrected chi connectivity index (χ0v) is 19.0. The largest absolute Gasteiger partial charge is 0.368 e. The van der Waals surface area contributed by atoms with Gasteiger partial charge in [0.2, 0.25) is 11.6 Å². The molecule has 1 atom stereocenters. The number of benzene rings is 1. The molecule has 2 N–H and O–H groups in total. The molecule has 8 heteroatoms. The van der Waals surface area contributed by atoms with Crippen LogP contribution in [0.2, 0.25) is 0 Å². The average molecular weight is 455 g/mol. The first-order valence-corrected chi connectivity index (χ1v) is 11.5. The van der Waals surface area contributed by atoms with Crippen molar-refractivity contribution < 1.29 is 4.79 Å². The third kappa shape index (κ3) is 4.39. The second-order valence-corrected chi connectivity index (χ2v) is 8.74. The van der Waals surface area contributed by atoms with Crippen molar-refractivity contribution in [2.45, 2.75) is 36.6 Å². The lowest BCUT2D eigenvalue weighted by Gasteiger charge is -2.31. The highest BCUT2D eigenvalue weighted by Gasteiger charge is 2.28. The summed E-state index contributed by atoms with van der Waals surface area (Å²) in [5.74, 6) is 0.0258. The van der Waals surface area contributed by atoms with Gasteiger partial charge in [-0.2, -0.15) is 5.26 Å². The smallest absolute Gasteiger partial charge is 0.235 e. The molecule has 0 spiro atoms. The molecule has 0 aliphatic carbocycles. The van der Waals surface area contributed by atoms with E-state index in [4.69, 9.17) is 17.3 Å². The van der Waals surface area contributed by atoms with Crippen LogP contribution < -0.4 is 10.6 Å². The SMILES string of the molecule is [C-]#[N+]c1c(N2CCc3ccncc3C2)nc(SC(C(N)=O)c2ccccc2)c(C#N)c1CC. The highest BCUT2D eigenvalue weighted by atomic mass is 32.2. The number of aromatic nitrogens is 2. The number of rotatable bonds is 6. The molecule has 33 heavy (non-hydrogen) atoms. The Kier molecular flexibility index (Phi) is 6.58. The van der Waals surface area contributed by atoms with Crippen LogP contribution in [0.3, 0.4) is 0 Å². The molecule has 2 aromatic heterocycles. The highest BCUT2D eigenvalue weighted by Crippen LogP contribution is 2.43. The molecule has 1 aliphatic rings. The standard InChI is InChI=1S/C25H22N6OS/c1-3-19-20(13-26)25(33-22(23(27)32)17-7-5-4-6-8-17)30-24(21(19)28-2)31-12-10-16-9-11-29-14-18(16)15-31/h4-9,11,14,22H,3,10,12,15H2,1H3,(H2,27,32). The van der Waals surface area contributed by atoms with E-state index in [0.29, 0.717) is 47.2 Å². The second-order valence-electron chi connectivity index (χ2n) is 7.65. The maximum Gasteiger partial charge on any atom is 0.235 e. The summed E-state index contributed by atoms with van der Waals surface area (Å²) >= 11 is 1.16. The van der Waals surface area contributed by atoms with Crippen LogP contribution in [0, 0.1) is 17.9 Å². The predicted molar refractivity (Wildman–Crippen MR) is 128 cm³/mol. The second kappa shape index (κ2) is 9.72. The van der Waals surface area contributed by atoms with Crippen molar-refractivity contribution in [3.05, 3.63) is 88.0 Å². The Balaban J connectivity index is 1.82. The number of amides is 1. The molecule has 3 heterocycles. The van der Waals surface area contributed by atoms with Crippen molar-refractivity contribution in [2.75, 3.05) is 11.4 Å². The van der Waals surface area contributed by atoms with Gasteiger partial charge in [-0.1, -0.05) is 49.0 Å². The minimum atomic E-state index is -0.701. The van der Waals surface area contributed by atoms with Crippen molar-refractivity contribution in [2.24, 2.45) is 5.73 Å². The minimum Gasteiger partial charge on any atom is -0.368 e. The van der Waals surface area contributed by atoms with Crippen LogP contribution in [0.25, 0.3) is 4.85 Å². The summed E-state index contributed by atoms with van der Waals surface area (Å²) in [5, 5.41) is 9.68. The van der Waals surface area contributed by atoms with Crippen molar-refractivity contribution in [1.29, 1.82) is 5.26 Å². The lowest BCUT2D eigenvalue weighted by molar-refractivity contribution is -0.117. The van der Waals surface area contributed by atoms with E-state index in [9.17, 15) is 10.1 Å². The van der Waals surface area contributed by atoms with Crippen LogP contribution in [0.1, 0.15) is 40.0 Å². The van der Waals surface area contributed by atoms with E-state index in [1.807, 2.05) is 49.5 Å². The molecular formula is C25H22N6OS. The van der Waals surface area contributed by atoms with Crippen LogP contribution in [-0.2, 0) is 24.2 Å². The van der Waals surface area contributed by atoms with Gasteiger partial charge in [0.15, 0.2) is 0 Å². The fourth-order valence-corrected chi connectivity index (χ4v) is 5.12. The number of fused-ring (bicyclic) bond motifs is 1. The normalized spacial score (nSPS) is 13.5. The summed E-state index contributed by atoms with van der Waals surface area (Å²) in [5.41, 5.74) is 10.2. The number of nitriles is 1. The van der Waals surface area contributed by atoms with Crippen LogP contribution in [0.5, 0.6) is 0 Å². The fraction of sp³-hybridized carbons (Fsp3) is 0.240. The molecule has 0 saturated carbocycles. The molecule has 0 radical (unpaired) electrons. The summed E-state index contributed by atoms with van der Waals surface area (Å²) in [4.78, 5) is 27.2. The van der Waals surface area contributed by atoms with Crippen LogP contribution in [0.15, 0.2) is 53.8 Å². The number of anilines is 1. The van der Waals surface area contributed by atoms with Gasteiger partial charge in [0.05, 0.1) is 12.1 Å². The first kappa shape index (κ1) is 22.3. The lowest BCUT2D eigenvalue weighted by Crippen LogP contribution is -2.31. The van der Waals surface area contributed by atoms with E-state index >= 15 is 0 Å². The number of nitrogens with two attached hydrogens (primary N) is 1. The van der Waals surface area contributed by atoms with Gasteiger partial charge < -0.3 is 10.6 Å². The summed E-state index contributed by atoms with van der Waals surface area (Å²) in [6, 6.07) is 13.5. The molecule has 1 aromatic carbocycles. The Labute approximate surface area is 197 Å². The number of thioether (sulfide) groups is 1. The zero-order valence-electron chi connectivity index (χ0n) is 18.2. The number of pyridine rings is 2. The molecule has 4 rings (SSSR count). The van der Waals surface area contributed by atoms with E-state index in [2.05, 4.69) is 20.8 Å². The van der Waals surface area contributed by atoms with E-state index in [-0.39, 0.29) is 0 Å². The number of nitrogens with zero attached hydrogens (tertiary/aromatic N) is 5. The molecule has 0 bridgehead atoms. The van der Waals surface area contributed by atoms with Crippen molar-refractivity contribution in [3.8, 4) is 6.07 Å². The summed E-state index contributed by atoms with van der Waals surface area (Å²) in [6.45, 7) is 11.0. The van der Waals surface area contributed by atoms with Crippen LogP contribution in [-0.4, -0.2) is 22.4 Å². The Bertz CT molecular complexity index is 1280. The summed E-state index contributed by atoms with van der Waals surface area (Å²) < 4.78 is 0. The highest BCUT2D eigenvalue weighted by molar-refractivity contribution is 8.00. The third-order valence-electron chi connectivity index (χ3n) is 5.70. The molecule has 1 amide bonds. The van der Waals surface area contributed by atoms with Gasteiger partial charge in [-0.25, -0.2) is 9.83 Å². The number of hydrogen-bond donors (Lipinski definition) is 1. The molecular weight excluding hydrogens is 432 g/mol. The molecule has 0 fully saturated rings. The number of carbonyl (C=O) groups excluding carboxylic acids is 1. The molecule has 164 valence electrons. The van der Waals surface area contributed by atoms with Gasteiger partial charge in [0.25, 0.3) is 0 Å². The summed E-state index contributed by atoms with van der Waals surface area (Å²) in [7, 11) is 0. The predicted octanol–water partition coefficient (Wildman–Crippen LogP) is 4.34. The zero-order chi connectivity index (χ0) is 23.4. The first-order chi connectivity index (χ1) is 16.1. The molecule has 0 saturated heterocycles. The van der Waals surface area contributed by atoms with Crippen molar-refractivity contribution in [1.82, 2.24) is 9.97 Å². The monoisotopic (exact) mass is 454 g/mol. The van der Waals surface area contributed by atoms with E-state index in [1.54, 1.807) is 6.20 Å². The quantitative estimate of drug-likeness (QED) is 0.439. The minimum absolute atomic E-state index is 0.332. The number of primary amides is 1. The Morgan fingerprint density at radius 3 is 2.79 bits per heavy atom. The van der Waals surface area contributed by atoms with Crippen molar-refractivity contribution >= 4 is 29.2 Å².